The highest BCUT2D eigenvalue weighted by Crippen LogP contribution is 2.62. The highest BCUT2D eigenvalue weighted by molar-refractivity contribution is 8.07. The molecule has 1 N–H and O–H groups in total. The minimum atomic E-state index is -3.50. The van der Waals surface area contributed by atoms with Gasteiger partial charge in [-0.05, 0) is 24.3 Å². The SMILES string of the molecule is OP1(=S)Oc2ccc3c(c2-c2c(ccc4c2OCO4)O1)OCO3. The Bertz CT molecular complexity index is 828. The third-order valence-electron chi connectivity index (χ3n) is 3.68. The van der Waals surface area contributed by atoms with E-state index in [2.05, 4.69) is 0 Å². The predicted octanol–water partition coefficient (Wildman–Crippen LogP) is 2.80. The summed E-state index contributed by atoms with van der Waals surface area (Å²) < 4.78 is 33.1. The first-order valence-corrected chi connectivity index (χ1v) is 9.29. The molecule has 23 heavy (non-hydrogen) atoms. The van der Waals surface area contributed by atoms with Gasteiger partial charge in [0.25, 0.3) is 0 Å². The summed E-state index contributed by atoms with van der Waals surface area (Å²) in [5.41, 5.74) is 1.14. The Labute approximate surface area is 135 Å². The van der Waals surface area contributed by atoms with E-state index < -0.39 is 6.72 Å². The largest absolute Gasteiger partial charge is 0.454 e. The van der Waals surface area contributed by atoms with Gasteiger partial charge in [-0.2, -0.15) is 0 Å². The molecule has 9 heteroatoms. The molecule has 0 radical (unpaired) electrons. The van der Waals surface area contributed by atoms with E-state index >= 15 is 0 Å². The van der Waals surface area contributed by atoms with Crippen LogP contribution in [0.25, 0.3) is 11.1 Å². The summed E-state index contributed by atoms with van der Waals surface area (Å²) in [5.74, 6) is 2.83. The molecule has 118 valence electrons. The molecular weight excluding hydrogens is 343 g/mol. The molecule has 3 aliphatic heterocycles. The molecule has 0 unspecified atom stereocenters. The van der Waals surface area contributed by atoms with Gasteiger partial charge < -0.3 is 32.9 Å². The molecule has 0 atom stereocenters. The van der Waals surface area contributed by atoms with Crippen LogP contribution in [0.3, 0.4) is 0 Å². The van der Waals surface area contributed by atoms with E-state index in [9.17, 15) is 4.89 Å². The first-order chi connectivity index (χ1) is 11.1. The number of ether oxygens (including phenoxy) is 4. The monoisotopic (exact) mass is 352 g/mol. The lowest BCUT2D eigenvalue weighted by atomic mass is 10.00. The Balaban J connectivity index is 1.90. The second-order valence-corrected chi connectivity index (χ2v) is 7.68. The van der Waals surface area contributed by atoms with Crippen LogP contribution in [-0.4, -0.2) is 18.5 Å². The van der Waals surface area contributed by atoms with Crippen molar-refractivity contribution in [2.45, 2.75) is 0 Å². The molecule has 3 heterocycles. The fourth-order valence-electron chi connectivity index (χ4n) is 2.80. The number of rotatable bonds is 0. The zero-order valence-corrected chi connectivity index (χ0v) is 13.2. The van der Waals surface area contributed by atoms with Gasteiger partial charge in [-0.1, -0.05) is 0 Å². The maximum absolute atomic E-state index is 10.3. The Morgan fingerprint density at radius 2 is 1.17 bits per heavy atom. The molecule has 5 rings (SSSR count). The molecule has 0 aromatic heterocycles. The summed E-state index contributed by atoms with van der Waals surface area (Å²) in [5, 5.41) is 0. The molecule has 3 aliphatic rings. The van der Waals surface area contributed by atoms with Crippen LogP contribution in [-0.2, 0) is 11.8 Å². The molecule has 0 fully saturated rings. The van der Waals surface area contributed by atoms with Crippen LogP contribution >= 0.6 is 6.72 Å². The molecule has 0 bridgehead atoms. The van der Waals surface area contributed by atoms with Gasteiger partial charge in [0.2, 0.25) is 13.6 Å². The van der Waals surface area contributed by atoms with Crippen LogP contribution in [0.5, 0.6) is 34.5 Å². The van der Waals surface area contributed by atoms with Crippen molar-refractivity contribution in [2.75, 3.05) is 13.6 Å². The van der Waals surface area contributed by atoms with Crippen LogP contribution in [0.15, 0.2) is 24.3 Å². The highest BCUT2D eigenvalue weighted by atomic mass is 32.5. The standard InChI is InChI=1S/C14H9O7PS/c15-22(23)20-7-1-3-9-13(18-5-16-9)11(7)12-8(21-22)2-4-10-14(12)19-6-17-10/h1-4H,5-6H2,(H,15,23). The number of hydrogen-bond donors (Lipinski definition) is 1. The lowest BCUT2D eigenvalue weighted by molar-refractivity contribution is 0.173. The minimum absolute atomic E-state index is 0.0989. The van der Waals surface area contributed by atoms with E-state index in [0.717, 1.165) is 0 Å². The summed E-state index contributed by atoms with van der Waals surface area (Å²) in [4.78, 5) is 10.3. The number of fused-ring (bicyclic) bond motifs is 7. The van der Waals surface area contributed by atoms with Gasteiger partial charge in [0.1, 0.15) is 11.5 Å². The topological polar surface area (TPSA) is 75.6 Å². The molecule has 7 nitrogen and oxygen atoms in total. The molecule has 2 aromatic rings. The van der Waals surface area contributed by atoms with Gasteiger partial charge in [-0.3, -0.25) is 0 Å². The van der Waals surface area contributed by atoms with Crippen LogP contribution < -0.4 is 28.0 Å². The van der Waals surface area contributed by atoms with Crippen LogP contribution in [0.1, 0.15) is 0 Å². The summed E-state index contributed by atoms with van der Waals surface area (Å²) in [6, 6.07) is 6.71. The number of benzene rings is 2. The molecular formula is C14H9O7PS. The number of hydrogen-bond acceptors (Lipinski definition) is 7. The van der Waals surface area contributed by atoms with Crippen molar-refractivity contribution in [1.29, 1.82) is 0 Å². The average molecular weight is 352 g/mol. The van der Waals surface area contributed by atoms with E-state index in [1.807, 2.05) is 0 Å². The smallest absolute Gasteiger partial charge is 0.432 e. The second kappa shape index (κ2) is 4.44. The summed E-state index contributed by atoms with van der Waals surface area (Å²) in [7, 11) is 0. The van der Waals surface area contributed by atoms with Crippen LogP contribution in [0.2, 0.25) is 0 Å². The van der Waals surface area contributed by atoms with Gasteiger partial charge in [0.15, 0.2) is 23.0 Å². The van der Waals surface area contributed by atoms with E-state index in [0.29, 0.717) is 45.6 Å². The zero-order valence-electron chi connectivity index (χ0n) is 11.5. The van der Waals surface area contributed by atoms with E-state index in [1.165, 1.54) is 0 Å². The van der Waals surface area contributed by atoms with Crippen molar-refractivity contribution in [3.05, 3.63) is 24.3 Å². The lowest BCUT2D eigenvalue weighted by Crippen LogP contribution is -1.97. The van der Waals surface area contributed by atoms with Crippen molar-refractivity contribution >= 4 is 18.5 Å². The van der Waals surface area contributed by atoms with Crippen molar-refractivity contribution in [1.82, 2.24) is 0 Å². The maximum atomic E-state index is 10.3. The lowest BCUT2D eigenvalue weighted by Gasteiger charge is -2.14. The van der Waals surface area contributed by atoms with Gasteiger partial charge >= 0.3 is 6.72 Å². The zero-order chi connectivity index (χ0) is 15.6. The fraction of sp³-hybridized carbons (Fsp3) is 0.143. The first-order valence-electron chi connectivity index (χ1n) is 6.70. The third kappa shape index (κ3) is 1.89. The van der Waals surface area contributed by atoms with E-state index in [1.54, 1.807) is 24.3 Å². The molecule has 0 spiro atoms. The molecule has 0 saturated heterocycles. The van der Waals surface area contributed by atoms with Crippen molar-refractivity contribution in [2.24, 2.45) is 0 Å². The second-order valence-electron chi connectivity index (χ2n) is 5.00. The average Bonchev–Trinajstić information content (AvgIpc) is 3.13. The van der Waals surface area contributed by atoms with Crippen LogP contribution in [0, 0.1) is 0 Å². The predicted molar refractivity (Wildman–Crippen MR) is 81.9 cm³/mol. The molecule has 0 saturated carbocycles. The van der Waals surface area contributed by atoms with Gasteiger partial charge in [0.05, 0.1) is 11.1 Å². The van der Waals surface area contributed by atoms with Crippen molar-refractivity contribution < 1.29 is 32.9 Å². The quantitative estimate of drug-likeness (QED) is 0.726. The van der Waals surface area contributed by atoms with E-state index in [4.69, 9.17) is 39.8 Å². The van der Waals surface area contributed by atoms with E-state index in [-0.39, 0.29) is 13.6 Å². The Hall–Kier alpha value is -2.15. The van der Waals surface area contributed by atoms with Gasteiger partial charge in [0, 0.05) is 11.8 Å². The molecule has 2 aromatic carbocycles. The van der Waals surface area contributed by atoms with Crippen molar-refractivity contribution in [3.8, 4) is 45.6 Å². The van der Waals surface area contributed by atoms with Crippen LogP contribution in [0.4, 0.5) is 0 Å². The Morgan fingerprint density at radius 3 is 1.65 bits per heavy atom. The summed E-state index contributed by atoms with van der Waals surface area (Å²) in [6.45, 7) is -3.31. The molecule has 0 aliphatic carbocycles. The first kappa shape index (κ1) is 13.3. The molecule has 0 amide bonds. The normalized spacial score (nSPS) is 18.3. The Kier molecular flexibility index (Phi) is 2.57. The maximum Gasteiger partial charge on any atom is 0.432 e. The van der Waals surface area contributed by atoms with Crippen molar-refractivity contribution in [3.63, 3.8) is 0 Å². The van der Waals surface area contributed by atoms with Gasteiger partial charge in [-0.15, -0.1) is 0 Å². The minimum Gasteiger partial charge on any atom is -0.454 e. The highest BCUT2D eigenvalue weighted by Gasteiger charge is 2.37. The third-order valence-corrected chi connectivity index (χ3v) is 4.98. The van der Waals surface area contributed by atoms with Gasteiger partial charge in [-0.25, -0.2) is 0 Å². The Morgan fingerprint density at radius 1 is 0.739 bits per heavy atom. The summed E-state index contributed by atoms with van der Waals surface area (Å²) in [6.07, 6.45) is 0. The summed E-state index contributed by atoms with van der Waals surface area (Å²) >= 11 is 5.07. The fourth-order valence-corrected chi connectivity index (χ4v) is 4.12.